The highest BCUT2D eigenvalue weighted by atomic mass is 79.9. The number of anilines is 1. The first kappa shape index (κ1) is 11.9. The van der Waals surface area contributed by atoms with Crippen LogP contribution in [0, 0.1) is 11.7 Å². The van der Waals surface area contributed by atoms with E-state index in [1.165, 1.54) is 18.6 Å². The molecule has 1 fully saturated rings. The van der Waals surface area contributed by atoms with Crippen LogP contribution in [-0.2, 0) is 4.74 Å². The number of halogens is 2. The van der Waals surface area contributed by atoms with Gasteiger partial charge in [0.05, 0.1) is 6.61 Å². The maximum Gasteiger partial charge on any atom is 0.124 e. The van der Waals surface area contributed by atoms with Gasteiger partial charge in [-0.05, 0) is 52.9 Å². The number of rotatable bonds is 3. The lowest BCUT2D eigenvalue weighted by atomic mass is 10.0. The SMILES string of the molecule is Fc1ccc(NCC2CCCOC2)c(Br)c1. The van der Waals surface area contributed by atoms with E-state index in [9.17, 15) is 4.39 Å². The smallest absolute Gasteiger partial charge is 0.124 e. The van der Waals surface area contributed by atoms with Gasteiger partial charge in [-0.3, -0.25) is 0 Å². The lowest BCUT2D eigenvalue weighted by Crippen LogP contribution is -2.24. The van der Waals surface area contributed by atoms with Crippen molar-refractivity contribution in [1.82, 2.24) is 0 Å². The maximum atomic E-state index is 12.9. The van der Waals surface area contributed by atoms with E-state index in [4.69, 9.17) is 4.74 Å². The first-order valence-electron chi connectivity index (χ1n) is 5.52. The van der Waals surface area contributed by atoms with E-state index >= 15 is 0 Å². The average Bonchev–Trinajstić information content (AvgIpc) is 2.29. The predicted octanol–water partition coefficient (Wildman–Crippen LogP) is 3.43. The molecule has 1 aromatic carbocycles. The van der Waals surface area contributed by atoms with Gasteiger partial charge in [-0.1, -0.05) is 0 Å². The predicted molar refractivity (Wildman–Crippen MR) is 66.1 cm³/mol. The molecule has 0 bridgehead atoms. The summed E-state index contributed by atoms with van der Waals surface area (Å²) in [7, 11) is 0. The van der Waals surface area contributed by atoms with Crippen LogP contribution >= 0.6 is 15.9 Å². The number of hydrogen-bond donors (Lipinski definition) is 1. The third-order valence-corrected chi connectivity index (χ3v) is 3.42. The van der Waals surface area contributed by atoms with Crippen molar-refractivity contribution in [2.24, 2.45) is 5.92 Å². The third-order valence-electron chi connectivity index (χ3n) is 2.77. The van der Waals surface area contributed by atoms with E-state index in [2.05, 4.69) is 21.2 Å². The molecule has 88 valence electrons. The minimum Gasteiger partial charge on any atom is -0.384 e. The van der Waals surface area contributed by atoms with E-state index in [1.807, 2.05) is 0 Å². The molecule has 4 heteroatoms. The molecule has 1 N–H and O–H groups in total. The fourth-order valence-electron chi connectivity index (χ4n) is 1.86. The van der Waals surface area contributed by atoms with E-state index in [1.54, 1.807) is 6.07 Å². The van der Waals surface area contributed by atoms with Gasteiger partial charge in [0.2, 0.25) is 0 Å². The normalized spacial score (nSPS) is 20.8. The largest absolute Gasteiger partial charge is 0.384 e. The highest BCUT2D eigenvalue weighted by molar-refractivity contribution is 9.10. The maximum absolute atomic E-state index is 12.9. The summed E-state index contributed by atoms with van der Waals surface area (Å²) in [6, 6.07) is 4.69. The van der Waals surface area contributed by atoms with Crippen LogP contribution in [0.15, 0.2) is 22.7 Å². The highest BCUT2D eigenvalue weighted by Crippen LogP contribution is 2.24. The lowest BCUT2D eigenvalue weighted by molar-refractivity contribution is 0.0595. The van der Waals surface area contributed by atoms with Gasteiger partial charge >= 0.3 is 0 Å². The molecule has 0 spiro atoms. The van der Waals surface area contributed by atoms with Crippen molar-refractivity contribution in [2.45, 2.75) is 12.8 Å². The number of hydrogen-bond acceptors (Lipinski definition) is 2. The van der Waals surface area contributed by atoms with Crippen LogP contribution in [0.25, 0.3) is 0 Å². The molecule has 16 heavy (non-hydrogen) atoms. The molecular weight excluding hydrogens is 273 g/mol. The zero-order chi connectivity index (χ0) is 11.4. The van der Waals surface area contributed by atoms with Crippen LogP contribution in [0.5, 0.6) is 0 Å². The van der Waals surface area contributed by atoms with Crippen molar-refractivity contribution in [3.63, 3.8) is 0 Å². The first-order chi connectivity index (χ1) is 7.75. The molecule has 1 aliphatic rings. The number of nitrogens with one attached hydrogen (secondary N) is 1. The average molecular weight is 288 g/mol. The Bertz CT molecular complexity index is 353. The fraction of sp³-hybridized carbons (Fsp3) is 0.500. The van der Waals surface area contributed by atoms with E-state index in [-0.39, 0.29) is 5.82 Å². The standard InChI is InChI=1S/C12H15BrFNO/c13-11-6-10(14)3-4-12(11)15-7-9-2-1-5-16-8-9/h3-4,6,9,15H,1-2,5,7-8H2. The summed E-state index contributed by atoms with van der Waals surface area (Å²) in [4.78, 5) is 0. The monoisotopic (exact) mass is 287 g/mol. The van der Waals surface area contributed by atoms with Crippen LogP contribution in [0.3, 0.4) is 0 Å². The Kier molecular flexibility index (Phi) is 4.18. The van der Waals surface area contributed by atoms with Crippen molar-refractivity contribution >= 4 is 21.6 Å². The Morgan fingerprint density at radius 3 is 3.06 bits per heavy atom. The molecular formula is C12H15BrFNO. The minimum absolute atomic E-state index is 0.224. The van der Waals surface area contributed by atoms with Crippen molar-refractivity contribution in [3.8, 4) is 0 Å². The molecule has 1 heterocycles. The Hall–Kier alpha value is -0.610. The summed E-state index contributed by atoms with van der Waals surface area (Å²) in [5.41, 5.74) is 0.937. The summed E-state index contributed by atoms with van der Waals surface area (Å²) in [6.07, 6.45) is 2.34. The van der Waals surface area contributed by atoms with Gasteiger partial charge in [0.25, 0.3) is 0 Å². The lowest BCUT2D eigenvalue weighted by Gasteiger charge is -2.23. The van der Waals surface area contributed by atoms with Crippen LogP contribution in [0.2, 0.25) is 0 Å². The summed E-state index contributed by atoms with van der Waals surface area (Å²) in [5, 5.41) is 3.32. The second-order valence-electron chi connectivity index (χ2n) is 4.09. The molecule has 0 aromatic heterocycles. The van der Waals surface area contributed by atoms with E-state index in [0.29, 0.717) is 5.92 Å². The Labute approximate surface area is 103 Å². The molecule has 2 nitrogen and oxygen atoms in total. The second-order valence-corrected chi connectivity index (χ2v) is 4.94. The molecule has 1 saturated heterocycles. The Morgan fingerprint density at radius 1 is 1.50 bits per heavy atom. The van der Waals surface area contributed by atoms with Crippen molar-refractivity contribution < 1.29 is 9.13 Å². The third kappa shape index (κ3) is 3.19. The molecule has 0 radical (unpaired) electrons. The minimum atomic E-state index is -0.224. The number of ether oxygens (including phenoxy) is 1. The molecule has 1 atom stereocenters. The highest BCUT2D eigenvalue weighted by Gasteiger charge is 2.13. The summed E-state index contributed by atoms with van der Waals surface area (Å²) < 4.78 is 19.0. The van der Waals surface area contributed by atoms with Crippen LogP contribution in [-0.4, -0.2) is 19.8 Å². The first-order valence-corrected chi connectivity index (χ1v) is 6.31. The van der Waals surface area contributed by atoms with Gasteiger partial charge in [-0.2, -0.15) is 0 Å². The molecule has 0 aliphatic carbocycles. The molecule has 1 aliphatic heterocycles. The van der Waals surface area contributed by atoms with Crippen molar-refractivity contribution in [1.29, 1.82) is 0 Å². The van der Waals surface area contributed by atoms with Gasteiger partial charge in [0.15, 0.2) is 0 Å². The summed E-state index contributed by atoms with van der Waals surface area (Å²) in [5.74, 6) is 0.337. The topological polar surface area (TPSA) is 21.3 Å². The van der Waals surface area contributed by atoms with E-state index < -0.39 is 0 Å². The quantitative estimate of drug-likeness (QED) is 0.920. The van der Waals surface area contributed by atoms with Gasteiger partial charge < -0.3 is 10.1 Å². The van der Waals surface area contributed by atoms with E-state index in [0.717, 1.165) is 36.3 Å². The zero-order valence-corrected chi connectivity index (χ0v) is 10.6. The Balaban J connectivity index is 1.88. The summed E-state index contributed by atoms with van der Waals surface area (Å²) in [6.45, 7) is 2.59. The van der Waals surface area contributed by atoms with Crippen LogP contribution in [0.1, 0.15) is 12.8 Å². The zero-order valence-electron chi connectivity index (χ0n) is 9.01. The molecule has 2 rings (SSSR count). The second kappa shape index (κ2) is 5.64. The van der Waals surface area contributed by atoms with Crippen LogP contribution < -0.4 is 5.32 Å². The Morgan fingerprint density at radius 2 is 2.38 bits per heavy atom. The van der Waals surface area contributed by atoms with Gasteiger partial charge in [0, 0.05) is 23.3 Å². The number of benzene rings is 1. The molecule has 0 amide bonds. The van der Waals surface area contributed by atoms with Gasteiger partial charge in [-0.25, -0.2) is 4.39 Å². The van der Waals surface area contributed by atoms with Gasteiger partial charge in [-0.15, -0.1) is 0 Å². The fourth-order valence-corrected chi connectivity index (χ4v) is 2.35. The molecule has 1 unspecified atom stereocenters. The summed E-state index contributed by atoms with van der Waals surface area (Å²) >= 11 is 3.34. The van der Waals surface area contributed by atoms with Gasteiger partial charge in [0.1, 0.15) is 5.82 Å². The van der Waals surface area contributed by atoms with Crippen LogP contribution in [0.4, 0.5) is 10.1 Å². The van der Waals surface area contributed by atoms with Crippen molar-refractivity contribution in [3.05, 3.63) is 28.5 Å². The molecule has 0 saturated carbocycles. The van der Waals surface area contributed by atoms with Crippen molar-refractivity contribution in [2.75, 3.05) is 25.1 Å². The molecule has 1 aromatic rings.